The zero-order valence-corrected chi connectivity index (χ0v) is 9.60. The van der Waals surface area contributed by atoms with Crippen LogP contribution in [-0.4, -0.2) is 33.1 Å². The molecule has 1 heterocycles. The summed E-state index contributed by atoms with van der Waals surface area (Å²) in [6.07, 6.45) is 1.65. The van der Waals surface area contributed by atoms with Crippen LogP contribution in [0.3, 0.4) is 0 Å². The number of nitrogens with two attached hydrogens (primary N) is 1. The number of carbonyl (C=O) groups is 1. The lowest BCUT2D eigenvalue weighted by Gasteiger charge is -2.14. The van der Waals surface area contributed by atoms with E-state index in [-0.39, 0.29) is 17.9 Å². The van der Waals surface area contributed by atoms with Gasteiger partial charge in [0.15, 0.2) is 5.82 Å². The Morgan fingerprint density at radius 1 is 1.56 bits per heavy atom. The first-order chi connectivity index (χ1) is 7.65. The van der Waals surface area contributed by atoms with Gasteiger partial charge >= 0.3 is 0 Å². The summed E-state index contributed by atoms with van der Waals surface area (Å²) in [7, 11) is 0. The van der Waals surface area contributed by atoms with E-state index in [1.54, 1.807) is 0 Å². The summed E-state index contributed by atoms with van der Waals surface area (Å²) in [4.78, 5) is 11.7. The summed E-state index contributed by atoms with van der Waals surface area (Å²) in [5.41, 5.74) is 5.39. The van der Waals surface area contributed by atoms with Crippen LogP contribution in [0.25, 0.3) is 0 Å². The summed E-state index contributed by atoms with van der Waals surface area (Å²) in [6, 6.07) is -0.230. The number of tetrazole rings is 1. The van der Waals surface area contributed by atoms with E-state index < -0.39 is 0 Å². The van der Waals surface area contributed by atoms with Gasteiger partial charge in [0.25, 0.3) is 0 Å². The van der Waals surface area contributed by atoms with Gasteiger partial charge < -0.3 is 11.1 Å². The summed E-state index contributed by atoms with van der Waals surface area (Å²) in [6.45, 7) is 4.31. The van der Waals surface area contributed by atoms with Crippen molar-refractivity contribution in [3.63, 3.8) is 0 Å². The van der Waals surface area contributed by atoms with Gasteiger partial charge in [0.2, 0.25) is 5.91 Å². The number of hydrogen-bond donors (Lipinski definition) is 3. The molecule has 1 amide bonds. The number of nitrogens with zero attached hydrogens (tertiary/aromatic N) is 3. The Kier molecular flexibility index (Phi) is 4.84. The van der Waals surface area contributed by atoms with Gasteiger partial charge in [0.1, 0.15) is 0 Å². The fourth-order valence-electron chi connectivity index (χ4n) is 1.33. The molecule has 0 aromatic carbocycles. The number of aromatic nitrogens is 4. The first kappa shape index (κ1) is 12.6. The molecule has 2 atom stereocenters. The minimum Gasteiger partial charge on any atom is -0.346 e. The number of H-pyrrole nitrogens is 1. The fraction of sp³-hybridized carbons (Fsp3) is 0.778. The molecular weight excluding hydrogens is 208 g/mol. The molecule has 1 rings (SSSR count). The monoisotopic (exact) mass is 226 g/mol. The van der Waals surface area contributed by atoms with Gasteiger partial charge in [0, 0.05) is 5.92 Å². The highest BCUT2D eigenvalue weighted by Crippen LogP contribution is 2.09. The van der Waals surface area contributed by atoms with Crippen molar-refractivity contribution in [2.24, 2.45) is 11.7 Å². The summed E-state index contributed by atoms with van der Waals surface area (Å²) < 4.78 is 0. The highest BCUT2D eigenvalue weighted by atomic mass is 16.1. The summed E-state index contributed by atoms with van der Waals surface area (Å²) in [5.74, 6) is 0.433. The number of amides is 1. The van der Waals surface area contributed by atoms with Gasteiger partial charge in [-0.15, -0.1) is 10.2 Å². The largest absolute Gasteiger partial charge is 0.346 e. The number of aromatic amines is 1. The van der Waals surface area contributed by atoms with Crippen LogP contribution in [0.15, 0.2) is 0 Å². The second-order valence-corrected chi connectivity index (χ2v) is 3.83. The lowest BCUT2D eigenvalue weighted by atomic mass is 10.0. The van der Waals surface area contributed by atoms with E-state index in [9.17, 15) is 4.79 Å². The van der Waals surface area contributed by atoms with Crippen molar-refractivity contribution < 1.29 is 4.79 Å². The first-order valence-electron chi connectivity index (χ1n) is 5.39. The minimum absolute atomic E-state index is 0.00856. The van der Waals surface area contributed by atoms with E-state index in [1.807, 2.05) is 13.8 Å². The number of hydrogen-bond acceptors (Lipinski definition) is 5. The molecule has 0 aliphatic heterocycles. The average Bonchev–Trinajstić information content (AvgIpc) is 2.79. The highest BCUT2D eigenvalue weighted by Gasteiger charge is 2.17. The van der Waals surface area contributed by atoms with Gasteiger partial charge in [-0.25, -0.2) is 0 Å². The van der Waals surface area contributed by atoms with Crippen LogP contribution < -0.4 is 11.1 Å². The molecule has 7 nitrogen and oxygen atoms in total. The average molecular weight is 226 g/mol. The minimum atomic E-state index is -0.230. The van der Waals surface area contributed by atoms with Crippen molar-refractivity contribution in [3.05, 3.63) is 5.82 Å². The molecule has 0 spiro atoms. The molecule has 0 radical (unpaired) electrons. The van der Waals surface area contributed by atoms with Gasteiger partial charge in [-0.2, -0.15) is 5.21 Å². The smallest absolute Gasteiger partial charge is 0.223 e. The topological polar surface area (TPSA) is 110 Å². The molecule has 4 N–H and O–H groups in total. The summed E-state index contributed by atoms with van der Waals surface area (Å²) in [5, 5.41) is 16.2. The lowest BCUT2D eigenvalue weighted by Crippen LogP contribution is -2.32. The van der Waals surface area contributed by atoms with Crippen LogP contribution in [0.1, 0.15) is 38.6 Å². The quantitative estimate of drug-likeness (QED) is 0.619. The van der Waals surface area contributed by atoms with Crippen molar-refractivity contribution in [2.75, 3.05) is 6.54 Å². The van der Waals surface area contributed by atoms with Crippen LogP contribution >= 0.6 is 0 Å². The van der Waals surface area contributed by atoms with Gasteiger partial charge in [-0.05, 0) is 26.3 Å². The Bertz CT molecular complexity index is 312. The van der Waals surface area contributed by atoms with Crippen molar-refractivity contribution in [3.8, 4) is 0 Å². The van der Waals surface area contributed by atoms with E-state index in [1.165, 1.54) is 0 Å². The molecular formula is C9H18N6O. The third-order valence-corrected chi connectivity index (χ3v) is 2.40. The van der Waals surface area contributed by atoms with Crippen molar-refractivity contribution >= 4 is 5.91 Å². The molecule has 1 aromatic heterocycles. The molecule has 90 valence electrons. The Morgan fingerprint density at radius 2 is 2.31 bits per heavy atom. The SMILES string of the molecule is CC(CCCN)C(=O)NC(C)c1nn[nH]n1. The lowest BCUT2D eigenvalue weighted by molar-refractivity contribution is -0.125. The second kappa shape index (κ2) is 6.16. The van der Waals surface area contributed by atoms with Crippen molar-refractivity contribution in [1.82, 2.24) is 25.9 Å². The molecule has 0 aliphatic rings. The Labute approximate surface area is 94.2 Å². The zero-order chi connectivity index (χ0) is 12.0. The summed E-state index contributed by atoms with van der Waals surface area (Å²) >= 11 is 0. The molecule has 16 heavy (non-hydrogen) atoms. The standard InChI is InChI=1S/C9H18N6O/c1-6(4-3-5-10)9(16)11-7(2)8-12-14-15-13-8/h6-7H,3-5,10H2,1-2H3,(H,11,16)(H,12,13,14,15). The van der Waals surface area contributed by atoms with Gasteiger partial charge in [0.05, 0.1) is 6.04 Å². The van der Waals surface area contributed by atoms with Crippen LogP contribution in [0, 0.1) is 5.92 Å². The number of rotatable bonds is 6. The third-order valence-electron chi connectivity index (χ3n) is 2.40. The van der Waals surface area contributed by atoms with E-state index in [4.69, 9.17) is 5.73 Å². The van der Waals surface area contributed by atoms with Gasteiger partial charge in [-0.3, -0.25) is 4.79 Å². The predicted molar refractivity (Wildman–Crippen MR) is 58.2 cm³/mol. The molecule has 7 heteroatoms. The normalized spacial score (nSPS) is 14.4. The number of carbonyl (C=O) groups excluding carboxylic acids is 1. The van der Waals surface area contributed by atoms with E-state index in [0.29, 0.717) is 12.4 Å². The second-order valence-electron chi connectivity index (χ2n) is 3.83. The molecule has 1 aromatic rings. The molecule has 0 bridgehead atoms. The maximum atomic E-state index is 11.7. The van der Waals surface area contributed by atoms with Crippen LogP contribution in [0.2, 0.25) is 0 Å². The molecule has 2 unspecified atom stereocenters. The molecule has 0 saturated heterocycles. The van der Waals surface area contributed by atoms with E-state index in [2.05, 4.69) is 25.9 Å². The van der Waals surface area contributed by atoms with Crippen molar-refractivity contribution in [1.29, 1.82) is 0 Å². The van der Waals surface area contributed by atoms with Crippen molar-refractivity contribution in [2.45, 2.75) is 32.7 Å². The first-order valence-corrected chi connectivity index (χ1v) is 5.39. The van der Waals surface area contributed by atoms with Gasteiger partial charge in [-0.1, -0.05) is 12.1 Å². The maximum absolute atomic E-state index is 11.7. The Morgan fingerprint density at radius 3 is 2.88 bits per heavy atom. The fourth-order valence-corrected chi connectivity index (χ4v) is 1.33. The molecule has 0 aliphatic carbocycles. The van der Waals surface area contributed by atoms with E-state index in [0.717, 1.165) is 12.8 Å². The Balaban J connectivity index is 2.39. The van der Waals surface area contributed by atoms with E-state index >= 15 is 0 Å². The molecule has 0 fully saturated rings. The number of nitrogens with one attached hydrogen (secondary N) is 2. The Hall–Kier alpha value is -1.50. The third kappa shape index (κ3) is 3.58. The van der Waals surface area contributed by atoms with Crippen LogP contribution in [0.4, 0.5) is 0 Å². The zero-order valence-electron chi connectivity index (χ0n) is 9.60. The van der Waals surface area contributed by atoms with Crippen LogP contribution in [0.5, 0.6) is 0 Å². The molecule has 0 saturated carbocycles. The maximum Gasteiger partial charge on any atom is 0.223 e. The highest BCUT2D eigenvalue weighted by molar-refractivity contribution is 5.78. The van der Waals surface area contributed by atoms with Crippen LogP contribution in [-0.2, 0) is 4.79 Å². The predicted octanol–water partition coefficient (Wildman–Crippen LogP) is -0.248.